The number of amides is 1. The molecule has 3 nitrogen and oxygen atoms in total. The second-order valence-electron chi connectivity index (χ2n) is 4.07. The molecule has 0 spiro atoms. The van der Waals surface area contributed by atoms with Crippen LogP contribution in [0.3, 0.4) is 0 Å². The van der Waals surface area contributed by atoms with Crippen molar-refractivity contribution in [2.75, 3.05) is 13.1 Å². The van der Waals surface area contributed by atoms with Gasteiger partial charge in [-0.3, -0.25) is 4.79 Å². The molecule has 0 aliphatic rings. The Morgan fingerprint density at radius 2 is 1.94 bits per heavy atom. The molecule has 1 aromatic carbocycles. The molecule has 1 N–H and O–H groups in total. The molecule has 0 bridgehead atoms. The lowest BCUT2D eigenvalue weighted by Crippen LogP contribution is -2.31. The van der Waals surface area contributed by atoms with Crippen LogP contribution < -0.4 is 0 Å². The Bertz CT molecular complexity index is 573. The van der Waals surface area contributed by atoms with Gasteiger partial charge in [-0.15, -0.1) is 13.2 Å². The molecule has 2 aromatic rings. The zero-order valence-corrected chi connectivity index (χ0v) is 10.2. The average Bonchev–Trinajstić information content (AvgIpc) is 2.84. The summed E-state index contributed by atoms with van der Waals surface area (Å²) >= 11 is 0. The number of hydrogen-bond donors (Lipinski definition) is 1. The average molecular weight is 240 g/mol. The van der Waals surface area contributed by atoms with Crippen molar-refractivity contribution < 1.29 is 4.79 Å². The lowest BCUT2D eigenvalue weighted by Gasteiger charge is -2.19. The van der Waals surface area contributed by atoms with Crippen molar-refractivity contribution in [3.8, 4) is 0 Å². The van der Waals surface area contributed by atoms with Gasteiger partial charge in [0.05, 0.1) is 0 Å². The highest BCUT2D eigenvalue weighted by Crippen LogP contribution is 2.15. The highest BCUT2D eigenvalue weighted by molar-refractivity contribution is 5.98. The summed E-state index contributed by atoms with van der Waals surface area (Å²) in [5.41, 5.74) is 1.65. The third-order valence-corrected chi connectivity index (χ3v) is 2.79. The van der Waals surface area contributed by atoms with Crippen LogP contribution >= 0.6 is 0 Å². The Labute approximate surface area is 106 Å². The molecule has 0 aliphatic carbocycles. The molecular weight excluding hydrogens is 224 g/mol. The van der Waals surface area contributed by atoms with Crippen molar-refractivity contribution in [1.82, 2.24) is 9.88 Å². The number of carbonyl (C=O) groups is 1. The first kappa shape index (κ1) is 12.2. The third kappa shape index (κ3) is 2.35. The van der Waals surface area contributed by atoms with Crippen molar-refractivity contribution in [3.63, 3.8) is 0 Å². The Morgan fingerprint density at radius 3 is 2.61 bits per heavy atom. The number of aromatic amines is 1. The third-order valence-electron chi connectivity index (χ3n) is 2.79. The maximum atomic E-state index is 12.3. The normalized spacial score (nSPS) is 10.2. The topological polar surface area (TPSA) is 36.1 Å². The van der Waals surface area contributed by atoms with E-state index in [1.54, 1.807) is 17.1 Å². The lowest BCUT2D eigenvalue weighted by molar-refractivity contribution is 0.0791. The molecule has 0 radical (unpaired) electrons. The monoisotopic (exact) mass is 240 g/mol. The second kappa shape index (κ2) is 5.36. The summed E-state index contributed by atoms with van der Waals surface area (Å²) in [6, 6.07) is 7.64. The van der Waals surface area contributed by atoms with E-state index in [-0.39, 0.29) is 5.91 Å². The van der Waals surface area contributed by atoms with Crippen LogP contribution in [0.25, 0.3) is 10.9 Å². The second-order valence-corrected chi connectivity index (χ2v) is 4.07. The van der Waals surface area contributed by atoms with Gasteiger partial charge in [0.25, 0.3) is 5.91 Å². The number of nitrogens with one attached hydrogen (secondary N) is 1. The highest BCUT2D eigenvalue weighted by Gasteiger charge is 2.13. The van der Waals surface area contributed by atoms with Crippen LogP contribution in [0.5, 0.6) is 0 Å². The Kier molecular flexibility index (Phi) is 3.63. The van der Waals surface area contributed by atoms with E-state index >= 15 is 0 Å². The molecule has 0 saturated heterocycles. The Morgan fingerprint density at radius 1 is 1.22 bits per heavy atom. The molecule has 0 atom stereocenters. The molecule has 0 fully saturated rings. The predicted octanol–water partition coefficient (Wildman–Crippen LogP) is 2.98. The number of carbonyl (C=O) groups excluding carboxylic acids is 1. The van der Waals surface area contributed by atoms with E-state index in [0.29, 0.717) is 18.7 Å². The summed E-state index contributed by atoms with van der Waals surface area (Å²) in [4.78, 5) is 17.1. The van der Waals surface area contributed by atoms with Gasteiger partial charge >= 0.3 is 0 Å². The first-order valence-corrected chi connectivity index (χ1v) is 5.84. The quantitative estimate of drug-likeness (QED) is 0.801. The molecule has 1 aromatic heterocycles. The van der Waals surface area contributed by atoms with E-state index in [1.165, 1.54) is 0 Å². The molecule has 1 heterocycles. The fraction of sp³-hybridized carbons (Fsp3) is 0.133. The number of rotatable bonds is 5. The molecule has 0 aliphatic heterocycles. The van der Waals surface area contributed by atoms with Gasteiger partial charge in [0.1, 0.15) is 0 Å². The summed E-state index contributed by atoms with van der Waals surface area (Å²) in [7, 11) is 0. The number of fused-ring (bicyclic) bond motifs is 1. The molecule has 0 saturated carbocycles. The van der Waals surface area contributed by atoms with Gasteiger partial charge in [0.2, 0.25) is 0 Å². The molecule has 0 unspecified atom stereocenters. The maximum Gasteiger partial charge on any atom is 0.254 e. The van der Waals surface area contributed by atoms with Gasteiger partial charge in [-0.2, -0.15) is 0 Å². The van der Waals surface area contributed by atoms with Crippen molar-refractivity contribution in [2.45, 2.75) is 0 Å². The van der Waals surface area contributed by atoms with Crippen LogP contribution in [0.4, 0.5) is 0 Å². The zero-order valence-electron chi connectivity index (χ0n) is 10.2. The summed E-state index contributed by atoms with van der Waals surface area (Å²) < 4.78 is 0. The van der Waals surface area contributed by atoms with Crippen molar-refractivity contribution in [3.05, 3.63) is 61.3 Å². The number of nitrogens with zero attached hydrogens (tertiary/aromatic N) is 1. The fourth-order valence-electron chi connectivity index (χ4n) is 1.92. The number of benzene rings is 1. The smallest absolute Gasteiger partial charge is 0.254 e. The largest absolute Gasteiger partial charge is 0.361 e. The molecule has 18 heavy (non-hydrogen) atoms. The minimum atomic E-state index is -0.00806. The van der Waals surface area contributed by atoms with Gasteiger partial charge in [0.15, 0.2) is 0 Å². The number of hydrogen-bond acceptors (Lipinski definition) is 1. The van der Waals surface area contributed by atoms with Gasteiger partial charge in [-0.25, -0.2) is 0 Å². The highest BCUT2D eigenvalue weighted by atomic mass is 16.2. The fourth-order valence-corrected chi connectivity index (χ4v) is 1.92. The molecule has 2 rings (SSSR count). The molecular formula is C15H16N2O. The van der Waals surface area contributed by atoms with Crippen LogP contribution in [-0.2, 0) is 0 Å². The van der Waals surface area contributed by atoms with Crippen molar-refractivity contribution in [1.29, 1.82) is 0 Å². The first-order valence-electron chi connectivity index (χ1n) is 5.84. The van der Waals surface area contributed by atoms with Crippen LogP contribution in [0.1, 0.15) is 10.4 Å². The van der Waals surface area contributed by atoms with E-state index in [2.05, 4.69) is 18.1 Å². The van der Waals surface area contributed by atoms with Crippen LogP contribution in [-0.4, -0.2) is 28.9 Å². The minimum Gasteiger partial charge on any atom is -0.361 e. The van der Waals surface area contributed by atoms with Crippen LogP contribution in [0.15, 0.2) is 55.8 Å². The van der Waals surface area contributed by atoms with Crippen molar-refractivity contribution in [2.24, 2.45) is 0 Å². The molecule has 3 heteroatoms. The SMILES string of the molecule is C=CCN(CC=C)C(=O)c1ccc2cc[nH]c2c1. The first-order chi connectivity index (χ1) is 8.76. The van der Waals surface area contributed by atoms with E-state index in [1.807, 2.05) is 30.5 Å². The Hall–Kier alpha value is -2.29. The lowest BCUT2D eigenvalue weighted by atomic mass is 10.1. The number of aromatic nitrogens is 1. The van der Waals surface area contributed by atoms with Gasteiger partial charge in [-0.1, -0.05) is 18.2 Å². The van der Waals surface area contributed by atoms with E-state index < -0.39 is 0 Å². The van der Waals surface area contributed by atoms with Crippen LogP contribution in [0, 0.1) is 0 Å². The summed E-state index contributed by atoms with van der Waals surface area (Å²) in [5.74, 6) is -0.00806. The van der Waals surface area contributed by atoms with Gasteiger partial charge in [0, 0.05) is 30.4 Å². The zero-order chi connectivity index (χ0) is 13.0. The van der Waals surface area contributed by atoms with E-state index in [9.17, 15) is 4.79 Å². The summed E-state index contributed by atoms with van der Waals surface area (Å²) in [5, 5.41) is 1.10. The molecule has 92 valence electrons. The summed E-state index contributed by atoms with van der Waals surface area (Å²) in [6.45, 7) is 8.38. The molecule has 1 amide bonds. The minimum absolute atomic E-state index is 0.00806. The van der Waals surface area contributed by atoms with E-state index in [0.717, 1.165) is 10.9 Å². The number of H-pyrrole nitrogens is 1. The van der Waals surface area contributed by atoms with Gasteiger partial charge in [-0.05, 0) is 23.6 Å². The van der Waals surface area contributed by atoms with Crippen molar-refractivity contribution >= 4 is 16.8 Å². The van der Waals surface area contributed by atoms with Crippen LogP contribution in [0.2, 0.25) is 0 Å². The van der Waals surface area contributed by atoms with Gasteiger partial charge < -0.3 is 9.88 Å². The van der Waals surface area contributed by atoms with E-state index in [4.69, 9.17) is 0 Å². The maximum absolute atomic E-state index is 12.3. The Balaban J connectivity index is 2.29. The predicted molar refractivity (Wildman–Crippen MR) is 74.6 cm³/mol. The standard InChI is InChI=1S/C15H16N2O/c1-3-9-17(10-4-2)15(18)13-6-5-12-7-8-16-14(12)11-13/h3-8,11,16H,1-2,9-10H2. The summed E-state index contributed by atoms with van der Waals surface area (Å²) in [6.07, 6.45) is 5.30.